The van der Waals surface area contributed by atoms with E-state index in [2.05, 4.69) is 0 Å². The summed E-state index contributed by atoms with van der Waals surface area (Å²) in [7, 11) is 0. The minimum absolute atomic E-state index is 0.0857. The Labute approximate surface area is 84.8 Å². The standard InChI is InChI=1S/C11H18O3/c1-7(8(2)10(13)14)9(12)6-11(3,4)5/h6H2,1-5H3,(H,13,14)/b8-7-. The van der Waals surface area contributed by atoms with Crippen molar-refractivity contribution in [1.29, 1.82) is 0 Å². The second-order valence-corrected chi connectivity index (χ2v) is 4.72. The van der Waals surface area contributed by atoms with Gasteiger partial charge in [-0.15, -0.1) is 0 Å². The fraction of sp³-hybridized carbons (Fsp3) is 0.636. The molecule has 0 rings (SSSR count). The van der Waals surface area contributed by atoms with E-state index in [1.807, 2.05) is 20.8 Å². The summed E-state index contributed by atoms with van der Waals surface area (Å²) in [6.45, 7) is 8.88. The molecule has 80 valence electrons. The third-order valence-corrected chi connectivity index (χ3v) is 1.99. The van der Waals surface area contributed by atoms with Gasteiger partial charge in [-0.3, -0.25) is 4.79 Å². The van der Waals surface area contributed by atoms with Crippen molar-refractivity contribution in [3.8, 4) is 0 Å². The Morgan fingerprint density at radius 2 is 1.50 bits per heavy atom. The zero-order valence-corrected chi connectivity index (χ0v) is 9.47. The van der Waals surface area contributed by atoms with Gasteiger partial charge in [-0.2, -0.15) is 0 Å². The summed E-state index contributed by atoms with van der Waals surface area (Å²) in [5.74, 6) is -1.11. The Balaban J connectivity index is 4.72. The Morgan fingerprint density at radius 1 is 1.07 bits per heavy atom. The summed E-state index contributed by atoms with van der Waals surface area (Å²) in [4.78, 5) is 22.2. The fourth-order valence-corrected chi connectivity index (χ4v) is 0.984. The van der Waals surface area contributed by atoms with Crippen LogP contribution < -0.4 is 0 Å². The van der Waals surface area contributed by atoms with Gasteiger partial charge in [0.05, 0.1) is 0 Å². The SMILES string of the molecule is C/C(C(=O)O)=C(\C)C(=O)CC(C)(C)C. The van der Waals surface area contributed by atoms with Crippen LogP contribution in [0.5, 0.6) is 0 Å². The van der Waals surface area contributed by atoms with Crippen LogP contribution in [0.15, 0.2) is 11.1 Å². The number of carbonyl (C=O) groups excluding carboxylic acids is 1. The van der Waals surface area contributed by atoms with E-state index in [1.54, 1.807) is 6.92 Å². The molecule has 0 saturated heterocycles. The van der Waals surface area contributed by atoms with Crippen LogP contribution in [-0.2, 0) is 9.59 Å². The Kier molecular flexibility index (Phi) is 4.05. The number of rotatable bonds is 3. The van der Waals surface area contributed by atoms with Gasteiger partial charge in [0.2, 0.25) is 0 Å². The van der Waals surface area contributed by atoms with Gasteiger partial charge in [-0.05, 0) is 19.3 Å². The van der Waals surface area contributed by atoms with Crippen molar-refractivity contribution >= 4 is 11.8 Å². The van der Waals surface area contributed by atoms with Crippen molar-refractivity contribution in [2.45, 2.75) is 41.0 Å². The van der Waals surface area contributed by atoms with Gasteiger partial charge in [-0.25, -0.2) is 4.79 Å². The molecule has 0 saturated carbocycles. The molecule has 0 aliphatic heterocycles. The largest absolute Gasteiger partial charge is 0.478 e. The molecule has 0 aromatic carbocycles. The van der Waals surface area contributed by atoms with Crippen molar-refractivity contribution in [3.63, 3.8) is 0 Å². The number of Topliss-reactive ketones (excluding diaryl/α,β-unsaturated/α-hetero) is 1. The molecule has 3 heteroatoms. The highest BCUT2D eigenvalue weighted by Gasteiger charge is 2.19. The first kappa shape index (κ1) is 12.9. The van der Waals surface area contributed by atoms with Crippen molar-refractivity contribution in [2.24, 2.45) is 5.41 Å². The average Bonchev–Trinajstić information content (AvgIpc) is 1.98. The summed E-state index contributed by atoms with van der Waals surface area (Å²) in [5, 5.41) is 8.69. The quantitative estimate of drug-likeness (QED) is 0.708. The van der Waals surface area contributed by atoms with Crippen LogP contribution in [0.25, 0.3) is 0 Å². The summed E-state index contributed by atoms with van der Waals surface area (Å²) in [5.41, 5.74) is 0.392. The zero-order valence-electron chi connectivity index (χ0n) is 9.47. The van der Waals surface area contributed by atoms with Crippen LogP contribution in [0.2, 0.25) is 0 Å². The predicted octanol–water partition coefficient (Wildman–Crippen LogP) is 2.41. The van der Waals surface area contributed by atoms with Crippen LogP contribution in [0, 0.1) is 5.41 Å². The maximum atomic E-state index is 11.6. The molecular weight excluding hydrogens is 180 g/mol. The summed E-state index contributed by atoms with van der Waals surface area (Å²) in [6.07, 6.45) is 0.378. The highest BCUT2D eigenvalue weighted by atomic mass is 16.4. The molecule has 0 aromatic heterocycles. The van der Waals surface area contributed by atoms with Crippen LogP contribution in [-0.4, -0.2) is 16.9 Å². The molecule has 0 heterocycles. The van der Waals surface area contributed by atoms with E-state index < -0.39 is 5.97 Å². The molecular formula is C11H18O3. The van der Waals surface area contributed by atoms with E-state index in [1.165, 1.54) is 6.92 Å². The molecule has 1 N–H and O–H groups in total. The Morgan fingerprint density at radius 3 is 1.79 bits per heavy atom. The highest BCUT2D eigenvalue weighted by molar-refractivity contribution is 6.02. The van der Waals surface area contributed by atoms with Gasteiger partial charge in [0.1, 0.15) is 0 Å². The van der Waals surface area contributed by atoms with Crippen LogP contribution in [0.3, 0.4) is 0 Å². The van der Waals surface area contributed by atoms with Gasteiger partial charge in [-0.1, -0.05) is 20.8 Å². The molecule has 0 aromatic rings. The third kappa shape index (κ3) is 4.21. The minimum atomic E-state index is -1.02. The van der Waals surface area contributed by atoms with E-state index in [9.17, 15) is 9.59 Å². The molecule has 3 nitrogen and oxygen atoms in total. The third-order valence-electron chi connectivity index (χ3n) is 1.99. The van der Waals surface area contributed by atoms with E-state index in [0.717, 1.165) is 0 Å². The number of hydrogen-bond donors (Lipinski definition) is 1. The topological polar surface area (TPSA) is 54.4 Å². The second kappa shape index (κ2) is 4.40. The molecule has 0 aliphatic rings. The van der Waals surface area contributed by atoms with E-state index in [4.69, 9.17) is 5.11 Å². The van der Waals surface area contributed by atoms with Crippen molar-refractivity contribution in [1.82, 2.24) is 0 Å². The number of allylic oxidation sites excluding steroid dienone is 1. The predicted molar refractivity (Wildman–Crippen MR) is 55.1 cm³/mol. The summed E-state index contributed by atoms with van der Waals surface area (Å²) in [6, 6.07) is 0. The number of hydrogen-bond acceptors (Lipinski definition) is 2. The second-order valence-electron chi connectivity index (χ2n) is 4.72. The zero-order chi connectivity index (χ0) is 11.5. The maximum absolute atomic E-state index is 11.6. The first-order valence-corrected chi connectivity index (χ1v) is 4.59. The number of carboxylic acid groups (broad SMARTS) is 1. The number of carbonyl (C=O) groups is 2. The smallest absolute Gasteiger partial charge is 0.331 e. The van der Waals surface area contributed by atoms with Gasteiger partial charge in [0.25, 0.3) is 0 Å². The van der Waals surface area contributed by atoms with Crippen molar-refractivity contribution in [3.05, 3.63) is 11.1 Å². The number of aliphatic carboxylic acids is 1. The number of ketones is 1. The van der Waals surface area contributed by atoms with Crippen LogP contribution in [0.4, 0.5) is 0 Å². The Bertz CT molecular complexity index is 279. The molecule has 0 spiro atoms. The molecule has 0 fully saturated rings. The maximum Gasteiger partial charge on any atom is 0.331 e. The molecule has 0 unspecified atom stereocenters. The lowest BCUT2D eigenvalue weighted by atomic mass is 9.87. The molecule has 14 heavy (non-hydrogen) atoms. The first-order chi connectivity index (χ1) is 6.15. The van der Waals surface area contributed by atoms with Crippen molar-refractivity contribution < 1.29 is 14.7 Å². The van der Waals surface area contributed by atoms with Gasteiger partial charge < -0.3 is 5.11 Å². The fourth-order valence-electron chi connectivity index (χ4n) is 0.984. The average molecular weight is 198 g/mol. The first-order valence-electron chi connectivity index (χ1n) is 4.59. The summed E-state index contributed by atoms with van der Waals surface area (Å²) >= 11 is 0. The van der Waals surface area contributed by atoms with Gasteiger partial charge >= 0.3 is 5.97 Å². The molecule has 0 aliphatic carbocycles. The van der Waals surface area contributed by atoms with Crippen LogP contribution in [0.1, 0.15) is 41.0 Å². The normalized spacial score (nSPS) is 13.5. The monoisotopic (exact) mass is 198 g/mol. The minimum Gasteiger partial charge on any atom is -0.478 e. The highest BCUT2D eigenvalue weighted by Crippen LogP contribution is 2.21. The van der Waals surface area contributed by atoms with E-state index in [-0.39, 0.29) is 16.8 Å². The van der Waals surface area contributed by atoms with Gasteiger partial charge in [0.15, 0.2) is 5.78 Å². The molecule has 0 bridgehead atoms. The molecule has 0 radical (unpaired) electrons. The molecule has 0 amide bonds. The van der Waals surface area contributed by atoms with Gasteiger partial charge in [0, 0.05) is 17.6 Å². The lowest BCUT2D eigenvalue weighted by Gasteiger charge is -2.17. The van der Waals surface area contributed by atoms with E-state index >= 15 is 0 Å². The lowest BCUT2D eigenvalue weighted by molar-refractivity contribution is -0.133. The number of carboxylic acids is 1. The summed E-state index contributed by atoms with van der Waals surface area (Å²) < 4.78 is 0. The molecule has 0 atom stereocenters. The Hall–Kier alpha value is -1.12. The van der Waals surface area contributed by atoms with Crippen LogP contribution >= 0.6 is 0 Å². The van der Waals surface area contributed by atoms with E-state index in [0.29, 0.717) is 12.0 Å². The van der Waals surface area contributed by atoms with Crippen molar-refractivity contribution in [2.75, 3.05) is 0 Å². The lowest BCUT2D eigenvalue weighted by Crippen LogP contribution is -2.15.